The maximum Gasteiger partial charge on any atom is 0.0951 e. The Balaban J connectivity index is 2.06. The van der Waals surface area contributed by atoms with Gasteiger partial charge in [0.25, 0.3) is 0 Å². The van der Waals surface area contributed by atoms with E-state index in [-0.39, 0.29) is 5.60 Å². The van der Waals surface area contributed by atoms with Crippen LogP contribution < -0.4 is 0 Å². The SMILES string of the molecule is CCOC1(C(O)Cc2nccs2)CCCCCC1. The highest BCUT2D eigenvalue weighted by molar-refractivity contribution is 7.09. The van der Waals surface area contributed by atoms with Gasteiger partial charge in [0.05, 0.1) is 16.7 Å². The van der Waals surface area contributed by atoms with Crippen molar-refractivity contribution in [2.24, 2.45) is 0 Å². The lowest BCUT2D eigenvalue weighted by Crippen LogP contribution is -2.46. The average Bonchev–Trinajstić information content (AvgIpc) is 2.74. The van der Waals surface area contributed by atoms with Crippen molar-refractivity contribution < 1.29 is 9.84 Å². The van der Waals surface area contributed by atoms with Gasteiger partial charge in [-0.15, -0.1) is 11.3 Å². The molecule has 102 valence electrons. The number of aromatic nitrogens is 1. The van der Waals surface area contributed by atoms with E-state index in [1.165, 1.54) is 12.8 Å². The van der Waals surface area contributed by atoms with Crippen molar-refractivity contribution in [1.82, 2.24) is 4.98 Å². The first-order valence-electron chi connectivity index (χ1n) is 6.97. The van der Waals surface area contributed by atoms with Crippen LogP contribution in [0.4, 0.5) is 0 Å². The van der Waals surface area contributed by atoms with E-state index in [2.05, 4.69) is 4.98 Å². The van der Waals surface area contributed by atoms with Gasteiger partial charge in [-0.3, -0.25) is 0 Å². The Morgan fingerprint density at radius 1 is 1.39 bits per heavy atom. The lowest BCUT2D eigenvalue weighted by Gasteiger charge is -2.37. The smallest absolute Gasteiger partial charge is 0.0951 e. The van der Waals surface area contributed by atoms with Gasteiger partial charge < -0.3 is 9.84 Å². The maximum atomic E-state index is 10.6. The van der Waals surface area contributed by atoms with Crippen molar-refractivity contribution in [2.45, 2.75) is 63.6 Å². The minimum absolute atomic E-state index is 0.336. The summed E-state index contributed by atoms with van der Waals surface area (Å²) < 4.78 is 5.99. The summed E-state index contributed by atoms with van der Waals surface area (Å²) in [6.07, 6.45) is 8.80. The van der Waals surface area contributed by atoms with Crippen molar-refractivity contribution in [3.05, 3.63) is 16.6 Å². The Bertz CT molecular complexity index is 332. The van der Waals surface area contributed by atoms with E-state index in [9.17, 15) is 5.11 Å². The molecule has 0 spiro atoms. The van der Waals surface area contributed by atoms with Crippen molar-refractivity contribution in [2.75, 3.05) is 6.61 Å². The van der Waals surface area contributed by atoms with Gasteiger partial charge >= 0.3 is 0 Å². The Kier molecular flexibility index (Phi) is 5.15. The molecule has 0 radical (unpaired) electrons. The summed E-state index contributed by atoms with van der Waals surface area (Å²) >= 11 is 1.61. The highest BCUT2D eigenvalue weighted by Crippen LogP contribution is 2.35. The molecule has 1 aliphatic rings. The summed E-state index contributed by atoms with van der Waals surface area (Å²) in [5.41, 5.74) is -0.336. The van der Waals surface area contributed by atoms with Gasteiger partial charge in [0.2, 0.25) is 0 Å². The number of thiazole rings is 1. The standard InChI is InChI=1S/C14H23NO2S/c1-2-17-14(7-5-3-4-6-8-14)12(16)11-13-15-9-10-18-13/h9-10,12,16H,2-8,11H2,1H3. The summed E-state index contributed by atoms with van der Waals surface area (Å²) in [5.74, 6) is 0. The molecule has 4 heteroatoms. The summed E-state index contributed by atoms with van der Waals surface area (Å²) in [6.45, 7) is 2.69. The van der Waals surface area contributed by atoms with E-state index in [0.29, 0.717) is 13.0 Å². The van der Waals surface area contributed by atoms with E-state index in [1.807, 2.05) is 12.3 Å². The van der Waals surface area contributed by atoms with Crippen LogP contribution in [-0.4, -0.2) is 28.4 Å². The number of nitrogens with zero attached hydrogens (tertiary/aromatic N) is 1. The van der Waals surface area contributed by atoms with Crippen LogP contribution in [0.3, 0.4) is 0 Å². The molecule has 3 nitrogen and oxygen atoms in total. The predicted octanol–water partition coefficient (Wildman–Crippen LogP) is 3.18. The molecule has 1 fully saturated rings. The van der Waals surface area contributed by atoms with Crippen LogP contribution in [0, 0.1) is 0 Å². The van der Waals surface area contributed by atoms with Crippen molar-refractivity contribution in [3.63, 3.8) is 0 Å². The highest BCUT2D eigenvalue weighted by atomic mass is 32.1. The maximum absolute atomic E-state index is 10.6. The zero-order valence-electron chi connectivity index (χ0n) is 11.1. The molecule has 0 aromatic carbocycles. The van der Waals surface area contributed by atoms with Crippen LogP contribution in [0.25, 0.3) is 0 Å². The quantitative estimate of drug-likeness (QED) is 0.835. The minimum Gasteiger partial charge on any atom is -0.390 e. The minimum atomic E-state index is -0.429. The van der Waals surface area contributed by atoms with E-state index in [4.69, 9.17) is 4.74 Å². The van der Waals surface area contributed by atoms with E-state index in [1.54, 1.807) is 17.5 Å². The van der Waals surface area contributed by atoms with Gasteiger partial charge in [-0.2, -0.15) is 0 Å². The lowest BCUT2D eigenvalue weighted by atomic mass is 9.86. The third-order valence-corrected chi connectivity index (χ3v) is 4.64. The molecule has 1 aromatic rings. The molecule has 0 aliphatic heterocycles. The molecular weight excluding hydrogens is 246 g/mol. The Morgan fingerprint density at radius 2 is 2.11 bits per heavy atom. The summed E-state index contributed by atoms with van der Waals surface area (Å²) in [6, 6.07) is 0. The second kappa shape index (κ2) is 6.64. The molecule has 2 rings (SSSR count). The third-order valence-electron chi connectivity index (χ3n) is 3.84. The molecule has 0 bridgehead atoms. The predicted molar refractivity (Wildman–Crippen MR) is 73.9 cm³/mol. The van der Waals surface area contributed by atoms with Gasteiger partial charge in [0.1, 0.15) is 0 Å². The molecule has 1 heterocycles. The van der Waals surface area contributed by atoms with Gasteiger partial charge in [0.15, 0.2) is 0 Å². The number of ether oxygens (including phenoxy) is 1. The van der Waals surface area contributed by atoms with E-state index in [0.717, 1.165) is 30.7 Å². The Hall–Kier alpha value is -0.450. The molecule has 1 N–H and O–H groups in total. The molecular formula is C14H23NO2S. The zero-order chi connectivity index (χ0) is 12.8. The number of hydrogen-bond acceptors (Lipinski definition) is 4. The van der Waals surface area contributed by atoms with E-state index >= 15 is 0 Å². The van der Waals surface area contributed by atoms with Crippen LogP contribution >= 0.6 is 11.3 Å². The van der Waals surface area contributed by atoms with Gasteiger partial charge in [-0.1, -0.05) is 25.7 Å². The normalized spacial score (nSPS) is 21.4. The van der Waals surface area contributed by atoms with Crippen LogP contribution in [0.1, 0.15) is 50.5 Å². The Morgan fingerprint density at radius 3 is 2.67 bits per heavy atom. The van der Waals surface area contributed by atoms with Crippen LogP contribution in [0.5, 0.6) is 0 Å². The van der Waals surface area contributed by atoms with Gasteiger partial charge in [-0.05, 0) is 19.8 Å². The molecule has 1 atom stereocenters. The fourth-order valence-electron chi connectivity index (χ4n) is 2.89. The number of aliphatic hydroxyl groups excluding tert-OH is 1. The van der Waals surface area contributed by atoms with Crippen LogP contribution in [0.15, 0.2) is 11.6 Å². The second-order valence-corrected chi connectivity index (χ2v) is 6.04. The molecule has 0 amide bonds. The second-order valence-electron chi connectivity index (χ2n) is 5.06. The largest absolute Gasteiger partial charge is 0.390 e. The average molecular weight is 269 g/mol. The van der Waals surface area contributed by atoms with Crippen molar-refractivity contribution in [3.8, 4) is 0 Å². The summed E-state index contributed by atoms with van der Waals surface area (Å²) in [7, 11) is 0. The monoisotopic (exact) mass is 269 g/mol. The topological polar surface area (TPSA) is 42.4 Å². The number of aliphatic hydroxyl groups is 1. The molecule has 1 saturated carbocycles. The van der Waals surface area contributed by atoms with Gasteiger partial charge in [0, 0.05) is 24.6 Å². The first kappa shape index (κ1) is 14.0. The van der Waals surface area contributed by atoms with Gasteiger partial charge in [-0.25, -0.2) is 4.98 Å². The third kappa shape index (κ3) is 3.31. The first-order chi connectivity index (χ1) is 8.77. The summed E-state index contributed by atoms with van der Waals surface area (Å²) in [4.78, 5) is 4.27. The molecule has 1 aromatic heterocycles. The molecule has 1 aliphatic carbocycles. The van der Waals surface area contributed by atoms with Crippen LogP contribution in [-0.2, 0) is 11.2 Å². The number of rotatable bonds is 5. The fraction of sp³-hybridized carbons (Fsp3) is 0.786. The lowest BCUT2D eigenvalue weighted by molar-refractivity contribution is -0.128. The molecule has 1 unspecified atom stereocenters. The fourth-order valence-corrected chi connectivity index (χ4v) is 3.55. The van der Waals surface area contributed by atoms with Crippen molar-refractivity contribution >= 4 is 11.3 Å². The van der Waals surface area contributed by atoms with Crippen molar-refractivity contribution in [1.29, 1.82) is 0 Å². The summed E-state index contributed by atoms with van der Waals surface area (Å²) in [5, 5.41) is 13.6. The zero-order valence-corrected chi connectivity index (χ0v) is 11.9. The number of hydrogen-bond donors (Lipinski definition) is 1. The first-order valence-corrected chi connectivity index (χ1v) is 7.85. The van der Waals surface area contributed by atoms with Crippen LogP contribution in [0.2, 0.25) is 0 Å². The highest BCUT2D eigenvalue weighted by Gasteiger charge is 2.39. The Labute approximate surface area is 113 Å². The molecule has 18 heavy (non-hydrogen) atoms. The molecule has 0 saturated heterocycles. The van der Waals surface area contributed by atoms with E-state index < -0.39 is 6.10 Å².